The standard InChI is InChI=1S/C13H8BrF2NO3/c14-11-10(20-13(15)16)7-6-9(17-11)12(18)19-8-4-2-1-3-5-8/h1-7,13H. The van der Waals surface area contributed by atoms with Crippen molar-refractivity contribution < 1.29 is 23.0 Å². The molecule has 0 saturated heterocycles. The van der Waals surface area contributed by atoms with E-state index >= 15 is 0 Å². The summed E-state index contributed by atoms with van der Waals surface area (Å²) in [6.07, 6.45) is 0. The van der Waals surface area contributed by atoms with Gasteiger partial charge in [0.2, 0.25) is 0 Å². The van der Waals surface area contributed by atoms with Gasteiger partial charge in [0.1, 0.15) is 16.0 Å². The maximum Gasteiger partial charge on any atom is 0.387 e. The summed E-state index contributed by atoms with van der Waals surface area (Å²) in [5.74, 6) is -0.486. The highest BCUT2D eigenvalue weighted by atomic mass is 79.9. The molecule has 0 aliphatic heterocycles. The van der Waals surface area contributed by atoms with Gasteiger partial charge < -0.3 is 9.47 Å². The Labute approximate surface area is 121 Å². The van der Waals surface area contributed by atoms with Gasteiger partial charge in [-0.3, -0.25) is 0 Å². The molecule has 104 valence electrons. The van der Waals surface area contributed by atoms with E-state index in [1.54, 1.807) is 30.3 Å². The molecular weight excluding hydrogens is 336 g/mol. The first kappa shape index (κ1) is 14.4. The Morgan fingerprint density at radius 3 is 2.45 bits per heavy atom. The molecule has 0 unspecified atom stereocenters. The predicted molar refractivity (Wildman–Crippen MR) is 70.0 cm³/mol. The number of halogens is 3. The summed E-state index contributed by atoms with van der Waals surface area (Å²) >= 11 is 2.95. The van der Waals surface area contributed by atoms with Crippen LogP contribution in [0.1, 0.15) is 10.5 Å². The SMILES string of the molecule is O=C(Oc1ccccc1)c1ccc(OC(F)F)c(Br)n1. The summed E-state index contributed by atoms with van der Waals surface area (Å²) in [5, 5.41) is 0. The van der Waals surface area contributed by atoms with Crippen LogP contribution in [0.15, 0.2) is 47.1 Å². The second-order valence-corrected chi connectivity index (χ2v) is 4.32. The summed E-state index contributed by atoms with van der Waals surface area (Å²) in [4.78, 5) is 15.6. The highest BCUT2D eigenvalue weighted by molar-refractivity contribution is 9.10. The number of rotatable bonds is 4. The summed E-state index contributed by atoms with van der Waals surface area (Å²) in [6.45, 7) is -2.96. The van der Waals surface area contributed by atoms with E-state index in [0.29, 0.717) is 5.75 Å². The Morgan fingerprint density at radius 2 is 1.85 bits per heavy atom. The first-order valence-electron chi connectivity index (χ1n) is 5.45. The summed E-state index contributed by atoms with van der Waals surface area (Å²) in [7, 11) is 0. The number of benzene rings is 1. The molecule has 2 aromatic rings. The van der Waals surface area contributed by atoms with Crippen molar-refractivity contribution >= 4 is 21.9 Å². The molecule has 1 heterocycles. The van der Waals surface area contributed by atoms with Crippen molar-refractivity contribution in [3.63, 3.8) is 0 Å². The predicted octanol–water partition coefficient (Wildman–Crippen LogP) is 3.66. The van der Waals surface area contributed by atoms with E-state index in [4.69, 9.17) is 4.74 Å². The molecule has 1 aromatic carbocycles. The fourth-order valence-electron chi connectivity index (χ4n) is 1.37. The summed E-state index contributed by atoms with van der Waals surface area (Å²) in [5.41, 5.74) is -0.0256. The van der Waals surface area contributed by atoms with Crippen LogP contribution in [0.2, 0.25) is 0 Å². The van der Waals surface area contributed by atoms with Gasteiger partial charge in [-0.05, 0) is 40.2 Å². The smallest absolute Gasteiger partial charge is 0.387 e. The van der Waals surface area contributed by atoms with Crippen molar-refractivity contribution in [2.75, 3.05) is 0 Å². The lowest BCUT2D eigenvalue weighted by Gasteiger charge is -2.07. The molecule has 0 aliphatic rings. The first-order valence-corrected chi connectivity index (χ1v) is 6.24. The monoisotopic (exact) mass is 343 g/mol. The largest absolute Gasteiger partial charge is 0.432 e. The number of hydrogen-bond acceptors (Lipinski definition) is 4. The van der Waals surface area contributed by atoms with Gasteiger partial charge in [-0.2, -0.15) is 8.78 Å². The van der Waals surface area contributed by atoms with Crippen molar-refractivity contribution in [1.29, 1.82) is 0 Å². The number of carbonyl (C=O) groups excluding carboxylic acids is 1. The molecule has 0 atom stereocenters. The molecule has 0 radical (unpaired) electrons. The van der Waals surface area contributed by atoms with Crippen LogP contribution in [0, 0.1) is 0 Å². The zero-order valence-electron chi connectivity index (χ0n) is 9.92. The van der Waals surface area contributed by atoms with Gasteiger partial charge in [0, 0.05) is 0 Å². The fourth-order valence-corrected chi connectivity index (χ4v) is 1.78. The third-order valence-electron chi connectivity index (χ3n) is 2.19. The Balaban J connectivity index is 2.13. The van der Waals surface area contributed by atoms with E-state index in [2.05, 4.69) is 25.7 Å². The molecule has 20 heavy (non-hydrogen) atoms. The molecule has 0 amide bonds. The number of pyridine rings is 1. The number of ether oxygens (including phenoxy) is 2. The Kier molecular flexibility index (Phi) is 4.62. The van der Waals surface area contributed by atoms with Crippen LogP contribution in [0.25, 0.3) is 0 Å². The molecule has 0 bridgehead atoms. The highest BCUT2D eigenvalue weighted by Gasteiger charge is 2.15. The van der Waals surface area contributed by atoms with E-state index in [-0.39, 0.29) is 16.0 Å². The lowest BCUT2D eigenvalue weighted by Crippen LogP contribution is -2.11. The average Bonchev–Trinajstić information content (AvgIpc) is 2.41. The minimum absolute atomic E-state index is 0.000289. The van der Waals surface area contributed by atoms with Crippen LogP contribution in [0.3, 0.4) is 0 Å². The van der Waals surface area contributed by atoms with Crippen molar-refractivity contribution in [3.8, 4) is 11.5 Å². The molecule has 0 spiro atoms. The second-order valence-electron chi connectivity index (χ2n) is 3.57. The van der Waals surface area contributed by atoms with Gasteiger partial charge in [-0.25, -0.2) is 9.78 Å². The van der Waals surface area contributed by atoms with Crippen LogP contribution in [0.5, 0.6) is 11.5 Å². The lowest BCUT2D eigenvalue weighted by atomic mass is 10.3. The maximum absolute atomic E-state index is 12.1. The first-order chi connectivity index (χ1) is 9.56. The number of esters is 1. The van der Waals surface area contributed by atoms with Crippen molar-refractivity contribution in [2.24, 2.45) is 0 Å². The summed E-state index contributed by atoms with van der Waals surface area (Å²) in [6, 6.07) is 10.9. The molecule has 0 aliphatic carbocycles. The van der Waals surface area contributed by atoms with Gasteiger partial charge in [0.15, 0.2) is 5.75 Å². The molecule has 4 nitrogen and oxygen atoms in total. The molecule has 2 rings (SSSR count). The van der Waals surface area contributed by atoms with Gasteiger partial charge in [-0.15, -0.1) is 0 Å². The summed E-state index contributed by atoms with van der Waals surface area (Å²) < 4.78 is 33.4. The van der Waals surface area contributed by atoms with Gasteiger partial charge in [-0.1, -0.05) is 18.2 Å². The molecule has 1 aromatic heterocycles. The topological polar surface area (TPSA) is 48.4 Å². The van der Waals surface area contributed by atoms with E-state index in [1.807, 2.05) is 0 Å². The maximum atomic E-state index is 12.1. The number of hydrogen-bond donors (Lipinski definition) is 0. The second kappa shape index (κ2) is 6.42. The Bertz CT molecular complexity index is 608. The van der Waals surface area contributed by atoms with E-state index < -0.39 is 12.6 Å². The van der Waals surface area contributed by atoms with Crippen molar-refractivity contribution in [3.05, 3.63) is 52.8 Å². The third-order valence-corrected chi connectivity index (χ3v) is 2.76. The third kappa shape index (κ3) is 3.74. The number of alkyl halides is 2. The van der Waals surface area contributed by atoms with Crippen LogP contribution in [0.4, 0.5) is 8.78 Å². The average molecular weight is 344 g/mol. The molecule has 0 fully saturated rings. The number of nitrogens with zero attached hydrogens (tertiary/aromatic N) is 1. The van der Waals surface area contributed by atoms with Crippen molar-refractivity contribution in [2.45, 2.75) is 6.61 Å². The quantitative estimate of drug-likeness (QED) is 0.483. The van der Waals surface area contributed by atoms with Crippen LogP contribution >= 0.6 is 15.9 Å². The minimum Gasteiger partial charge on any atom is -0.432 e. The zero-order chi connectivity index (χ0) is 14.5. The van der Waals surface area contributed by atoms with E-state index in [1.165, 1.54) is 12.1 Å². The highest BCUT2D eigenvalue weighted by Crippen LogP contribution is 2.25. The molecule has 7 heteroatoms. The van der Waals surface area contributed by atoms with Crippen molar-refractivity contribution in [1.82, 2.24) is 4.98 Å². The van der Waals surface area contributed by atoms with Crippen LogP contribution in [-0.4, -0.2) is 17.6 Å². The van der Waals surface area contributed by atoms with Gasteiger partial charge in [0.05, 0.1) is 0 Å². The number of aromatic nitrogens is 1. The van der Waals surface area contributed by atoms with E-state index in [0.717, 1.165) is 0 Å². The van der Waals surface area contributed by atoms with Crippen LogP contribution < -0.4 is 9.47 Å². The molecule has 0 N–H and O–H groups in total. The Morgan fingerprint density at radius 1 is 1.15 bits per heavy atom. The minimum atomic E-state index is -2.96. The lowest BCUT2D eigenvalue weighted by molar-refractivity contribution is -0.0506. The van der Waals surface area contributed by atoms with E-state index in [9.17, 15) is 13.6 Å². The number of carbonyl (C=O) groups is 1. The molecule has 0 saturated carbocycles. The zero-order valence-corrected chi connectivity index (χ0v) is 11.5. The fraction of sp³-hybridized carbons (Fsp3) is 0.0769. The Hall–Kier alpha value is -2.02. The van der Waals surface area contributed by atoms with Gasteiger partial charge in [0.25, 0.3) is 0 Å². The normalized spacial score (nSPS) is 10.4. The van der Waals surface area contributed by atoms with Crippen LogP contribution in [-0.2, 0) is 0 Å². The molecular formula is C13H8BrF2NO3. The number of para-hydroxylation sites is 1. The van der Waals surface area contributed by atoms with Gasteiger partial charge >= 0.3 is 12.6 Å².